The Bertz CT molecular complexity index is 421. The number of nitrogens with zero attached hydrogens (tertiary/aromatic N) is 1. The number of amides is 1. The normalized spacial score (nSPS) is 9.76. The number of benzene rings is 1. The van der Waals surface area contributed by atoms with Gasteiger partial charge in [-0.05, 0) is 6.07 Å². The van der Waals surface area contributed by atoms with Gasteiger partial charge in [-0.25, -0.2) is 0 Å². The molecule has 0 aliphatic heterocycles. The number of ether oxygens (including phenoxy) is 1. The van der Waals surface area contributed by atoms with E-state index in [1.165, 1.54) is 4.90 Å². The number of nitrogens with two attached hydrogens (primary N) is 1. The lowest BCUT2D eigenvalue weighted by atomic mass is 10.1. The zero-order valence-corrected chi connectivity index (χ0v) is 10.8. The molecule has 1 aromatic carbocycles. The molecule has 0 fully saturated rings. The van der Waals surface area contributed by atoms with Crippen molar-refractivity contribution < 1.29 is 9.53 Å². The number of carbonyl (C=O) groups excluding carboxylic acids is 1. The van der Waals surface area contributed by atoms with Crippen LogP contribution in [0.2, 0.25) is 0 Å². The fraction of sp³-hybridized carbons (Fsp3) is 0.333. The number of rotatable bonds is 5. The highest BCUT2D eigenvalue weighted by Gasteiger charge is 2.12. The zero-order chi connectivity index (χ0) is 12.8. The Morgan fingerprint density at radius 2 is 2.12 bits per heavy atom. The molecular weight excluding hydrogens is 236 g/mol. The van der Waals surface area contributed by atoms with Crippen LogP contribution < -0.4 is 10.5 Å². The Morgan fingerprint density at radius 3 is 2.71 bits per heavy atom. The van der Waals surface area contributed by atoms with Crippen molar-refractivity contribution in [3.8, 4) is 5.75 Å². The van der Waals surface area contributed by atoms with Crippen molar-refractivity contribution in [3.05, 3.63) is 29.8 Å². The molecule has 0 aliphatic rings. The average Bonchev–Trinajstić information content (AvgIpc) is 2.28. The van der Waals surface area contributed by atoms with Crippen LogP contribution >= 0.6 is 12.2 Å². The van der Waals surface area contributed by atoms with E-state index in [0.717, 1.165) is 5.56 Å². The van der Waals surface area contributed by atoms with Crippen molar-refractivity contribution >= 4 is 23.1 Å². The molecule has 92 valence electrons. The molecule has 5 heteroatoms. The maximum absolute atomic E-state index is 11.9. The third kappa shape index (κ3) is 4.03. The fourth-order valence-electron chi connectivity index (χ4n) is 1.47. The van der Waals surface area contributed by atoms with Gasteiger partial charge in [0.1, 0.15) is 5.75 Å². The van der Waals surface area contributed by atoms with Gasteiger partial charge in [0, 0.05) is 12.6 Å². The molecule has 0 radical (unpaired) electrons. The smallest absolute Gasteiger partial charge is 0.227 e. The molecule has 0 aromatic heterocycles. The van der Waals surface area contributed by atoms with E-state index >= 15 is 0 Å². The third-order valence-electron chi connectivity index (χ3n) is 2.35. The minimum absolute atomic E-state index is 0.0395. The maximum atomic E-state index is 11.9. The number of carbonyl (C=O) groups is 1. The first-order valence-electron chi connectivity index (χ1n) is 5.18. The molecular formula is C12H16N2O2S. The fourth-order valence-corrected chi connectivity index (χ4v) is 1.66. The van der Waals surface area contributed by atoms with Crippen LogP contribution in [0.25, 0.3) is 0 Å². The van der Waals surface area contributed by atoms with Crippen LogP contribution in [0.1, 0.15) is 5.56 Å². The minimum atomic E-state index is -0.0395. The molecule has 1 amide bonds. The van der Waals surface area contributed by atoms with Gasteiger partial charge in [-0.1, -0.05) is 30.4 Å². The summed E-state index contributed by atoms with van der Waals surface area (Å²) >= 11 is 4.76. The van der Waals surface area contributed by atoms with Crippen LogP contribution in [0.4, 0.5) is 0 Å². The van der Waals surface area contributed by atoms with Crippen LogP contribution in [0.3, 0.4) is 0 Å². The average molecular weight is 252 g/mol. The first-order valence-corrected chi connectivity index (χ1v) is 5.59. The molecule has 0 bridgehead atoms. The summed E-state index contributed by atoms with van der Waals surface area (Å²) in [6.07, 6.45) is 0.281. The van der Waals surface area contributed by atoms with Crippen molar-refractivity contribution in [3.63, 3.8) is 0 Å². The minimum Gasteiger partial charge on any atom is -0.496 e. The molecule has 0 spiro atoms. The van der Waals surface area contributed by atoms with E-state index in [2.05, 4.69) is 0 Å². The summed E-state index contributed by atoms with van der Waals surface area (Å²) in [5, 5.41) is 0. The second kappa shape index (κ2) is 6.20. The highest BCUT2D eigenvalue weighted by atomic mass is 32.1. The number of hydrogen-bond acceptors (Lipinski definition) is 3. The number of methoxy groups -OCH3 is 1. The standard InChI is InChI=1S/C12H16N2O2S/c1-14(8-11(13)17)12(15)7-9-5-3-4-6-10(9)16-2/h3-6H,7-8H2,1-2H3,(H2,13,17). The number of thiocarbonyl (C=S) groups is 1. The van der Waals surface area contributed by atoms with Gasteiger partial charge in [0.05, 0.1) is 25.1 Å². The van der Waals surface area contributed by atoms with Crippen LogP contribution in [0.15, 0.2) is 24.3 Å². The molecule has 1 rings (SSSR count). The molecule has 17 heavy (non-hydrogen) atoms. The zero-order valence-electron chi connectivity index (χ0n) is 9.97. The van der Waals surface area contributed by atoms with E-state index in [4.69, 9.17) is 22.7 Å². The van der Waals surface area contributed by atoms with E-state index in [9.17, 15) is 4.79 Å². The van der Waals surface area contributed by atoms with Gasteiger partial charge in [0.15, 0.2) is 0 Å². The predicted molar refractivity (Wildman–Crippen MR) is 71.1 cm³/mol. The Balaban J connectivity index is 2.70. The lowest BCUT2D eigenvalue weighted by Crippen LogP contribution is -2.35. The van der Waals surface area contributed by atoms with Crippen molar-refractivity contribution in [2.45, 2.75) is 6.42 Å². The van der Waals surface area contributed by atoms with Crippen molar-refractivity contribution in [2.24, 2.45) is 5.73 Å². The number of likely N-dealkylation sites (N-methyl/N-ethyl adjacent to an activating group) is 1. The van der Waals surface area contributed by atoms with Gasteiger partial charge >= 0.3 is 0 Å². The quantitative estimate of drug-likeness (QED) is 0.794. The molecule has 0 heterocycles. The molecule has 0 saturated heterocycles. The molecule has 0 aliphatic carbocycles. The summed E-state index contributed by atoms with van der Waals surface area (Å²) in [4.78, 5) is 13.7. The second-order valence-electron chi connectivity index (χ2n) is 3.70. The largest absolute Gasteiger partial charge is 0.496 e. The first-order chi connectivity index (χ1) is 8.04. The molecule has 0 saturated carbocycles. The topological polar surface area (TPSA) is 55.6 Å². The maximum Gasteiger partial charge on any atom is 0.227 e. The second-order valence-corrected chi connectivity index (χ2v) is 4.23. The van der Waals surface area contributed by atoms with Crippen molar-refractivity contribution in [1.29, 1.82) is 0 Å². The van der Waals surface area contributed by atoms with Crippen LogP contribution in [0, 0.1) is 0 Å². The van der Waals surface area contributed by atoms with E-state index in [1.807, 2.05) is 24.3 Å². The SMILES string of the molecule is COc1ccccc1CC(=O)N(C)CC(N)=S. The third-order valence-corrected chi connectivity index (χ3v) is 2.48. The Hall–Kier alpha value is -1.62. The number of hydrogen-bond donors (Lipinski definition) is 1. The van der Waals surface area contributed by atoms with Gasteiger partial charge in [-0.2, -0.15) is 0 Å². The van der Waals surface area contributed by atoms with E-state index in [1.54, 1.807) is 14.2 Å². The summed E-state index contributed by atoms with van der Waals surface area (Å²) in [5.74, 6) is 0.673. The van der Waals surface area contributed by atoms with E-state index in [0.29, 0.717) is 17.3 Å². The lowest BCUT2D eigenvalue weighted by molar-refractivity contribution is -0.128. The molecule has 4 nitrogen and oxygen atoms in total. The van der Waals surface area contributed by atoms with Crippen molar-refractivity contribution in [2.75, 3.05) is 20.7 Å². The van der Waals surface area contributed by atoms with Crippen LogP contribution in [-0.2, 0) is 11.2 Å². The van der Waals surface area contributed by atoms with Gasteiger partial charge in [-0.15, -0.1) is 0 Å². The summed E-state index contributed by atoms with van der Waals surface area (Å²) in [6, 6.07) is 7.44. The van der Waals surface area contributed by atoms with Gasteiger partial charge in [0.25, 0.3) is 0 Å². The number of para-hydroxylation sites is 1. The Morgan fingerprint density at radius 1 is 1.47 bits per heavy atom. The summed E-state index contributed by atoms with van der Waals surface area (Å²) in [6.45, 7) is 0.295. The Labute approximate surface area is 106 Å². The van der Waals surface area contributed by atoms with Gasteiger partial charge < -0.3 is 15.4 Å². The monoisotopic (exact) mass is 252 g/mol. The van der Waals surface area contributed by atoms with Crippen LogP contribution in [0.5, 0.6) is 5.75 Å². The molecule has 1 aromatic rings. The summed E-state index contributed by atoms with van der Waals surface area (Å²) in [5.41, 5.74) is 6.25. The highest BCUT2D eigenvalue weighted by molar-refractivity contribution is 7.80. The molecule has 2 N–H and O–H groups in total. The summed E-state index contributed by atoms with van der Waals surface area (Å²) < 4.78 is 5.19. The molecule has 0 atom stereocenters. The molecule has 0 unspecified atom stereocenters. The lowest BCUT2D eigenvalue weighted by Gasteiger charge is -2.17. The van der Waals surface area contributed by atoms with Gasteiger partial charge in [-0.3, -0.25) is 4.79 Å². The Kier molecular flexibility index (Phi) is 4.90. The van der Waals surface area contributed by atoms with E-state index in [-0.39, 0.29) is 12.3 Å². The van der Waals surface area contributed by atoms with E-state index < -0.39 is 0 Å². The van der Waals surface area contributed by atoms with Crippen molar-refractivity contribution in [1.82, 2.24) is 4.90 Å². The predicted octanol–water partition coefficient (Wildman–Crippen LogP) is 0.982. The van der Waals surface area contributed by atoms with Crippen LogP contribution in [-0.4, -0.2) is 36.5 Å². The first kappa shape index (κ1) is 13.4. The van der Waals surface area contributed by atoms with Gasteiger partial charge in [0.2, 0.25) is 5.91 Å². The summed E-state index contributed by atoms with van der Waals surface area (Å²) in [7, 11) is 3.26. The highest BCUT2D eigenvalue weighted by Crippen LogP contribution is 2.18.